The standard InChI is InChI=1S/C9H21ISi/c1-5-6-9(10)7-8-11(2,3)4/h9H,5-8H2,1-4H3. The highest BCUT2D eigenvalue weighted by molar-refractivity contribution is 14.1. The molecule has 0 fully saturated rings. The molecule has 11 heavy (non-hydrogen) atoms. The third-order valence-corrected chi connectivity index (χ3v) is 4.84. The zero-order chi connectivity index (χ0) is 8.91. The molecule has 2 heteroatoms. The predicted octanol–water partition coefficient (Wildman–Crippen LogP) is 4.32. The van der Waals surface area contributed by atoms with Gasteiger partial charge in [0.05, 0.1) is 0 Å². The Hall–Kier alpha value is 0.947. The van der Waals surface area contributed by atoms with Gasteiger partial charge in [0, 0.05) is 12.0 Å². The van der Waals surface area contributed by atoms with E-state index < -0.39 is 8.07 Å². The zero-order valence-electron chi connectivity index (χ0n) is 8.28. The zero-order valence-corrected chi connectivity index (χ0v) is 11.4. The lowest BCUT2D eigenvalue weighted by atomic mass is 10.2. The summed E-state index contributed by atoms with van der Waals surface area (Å²) in [6.07, 6.45) is 4.20. The molecule has 1 unspecified atom stereocenters. The average molecular weight is 284 g/mol. The van der Waals surface area contributed by atoms with Gasteiger partial charge in [-0.15, -0.1) is 0 Å². The molecule has 68 valence electrons. The summed E-state index contributed by atoms with van der Waals surface area (Å²) >= 11 is 2.60. The summed E-state index contributed by atoms with van der Waals surface area (Å²) in [7, 11) is -0.754. The van der Waals surface area contributed by atoms with Crippen molar-refractivity contribution in [1.29, 1.82) is 0 Å². The van der Waals surface area contributed by atoms with Gasteiger partial charge in [0.2, 0.25) is 0 Å². The van der Waals surface area contributed by atoms with Crippen molar-refractivity contribution in [2.45, 2.75) is 55.8 Å². The second-order valence-electron chi connectivity index (χ2n) is 4.49. The molecular formula is C9H21ISi. The van der Waals surface area contributed by atoms with Crippen molar-refractivity contribution in [1.82, 2.24) is 0 Å². The van der Waals surface area contributed by atoms with Crippen LogP contribution in [0.15, 0.2) is 0 Å². The normalized spacial score (nSPS) is 15.0. The fraction of sp³-hybridized carbons (Fsp3) is 1.00. The van der Waals surface area contributed by atoms with Crippen LogP contribution in [0.3, 0.4) is 0 Å². The Balaban J connectivity index is 3.38. The monoisotopic (exact) mass is 284 g/mol. The molecule has 0 aromatic heterocycles. The third kappa shape index (κ3) is 8.86. The van der Waals surface area contributed by atoms with Crippen LogP contribution in [0.1, 0.15) is 26.2 Å². The Morgan fingerprint density at radius 3 is 2.09 bits per heavy atom. The number of rotatable bonds is 5. The first-order valence-electron chi connectivity index (χ1n) is 4.60. The summed E-state index contributed by atoms with van der Waals surface area (Å²) in [5.74, 6) is 0. The highest BCUT2D eigenvalue weighted by atomic mass is 127. The minimum absolute atomic E-state index is 0.754. The lowest BCUT2D eigenvalue weighted by Gasteiger charge is -2.17. The quantitative estimate of drug-likeness (QED) is 0.401. The first-order chi connectivity index (χ1) is 4.95. The molecule has 0 aromatic rings. The van der Waals surface area contributed by atoms with Crippen molar-refractivity contribution in [2.75, 3.05) is 0 Å². The van der Waals surface area contributed by atoms with Gasteiger partial charge in [-0.25, -0.2) is 0 Å². The molecule has 0 nitrogen and oxygen atoms in total. The Labute approximate surface area is 86.3 Å². The first-order valence-corrected chi connectivity index (χ1v) is 9.55. The molecule has 0 N–H and O–H groups in total. The van der Waals surface area contributed by atoms with E-state index in [1.807, 2.05) is 0 Å². The van der Waals surface area contributed by atoms with Gasteiger partial charge in [-0.3, -0.25) is 0 Å². The fourth-order valence-corrected chi connectivity index (χ4v) is 3.78. The molecule has 0 aliphatic carbocycles. The Morgan fingerprint density at radius 1 is 1.18 bits per heavy atom. The van der Waals surface area contributed by atoms with Gasteiger partial charge in [-0.1, -0.05) is 61.6 Å². The van der Waals surface area contributed by atoms with E-state index in [4.69, 9.17) is 0 Å². The smallest absolute Gasteiger partial charge is 0.0443 e. The maximum atomic E-state index is 2.60. The molecule has 0 heterocycles. The lowest BCUT2D eigenvalue weighted by Crippen LogP contribution is -2.20. The molecule has 0 radical (unpaired) electrons. The Kier molecular flexibility index (Phi) is 6.05. The van der Waals surface area contributed by atoms with Gasteiger partial charge < -0.3 is 0 Å². The Morgan fingerprint density at radius 2 is 1.73 bits per heavy atom. The topological polar surface area (TPSA) is 0 Å². The van der Waals surface area contributed by atoms with Gasteiger partial charge in [0.1, 0.15) is 0 Å². The minimum Gasteiger partial charge on any atom is -0.0826 e. The number of halogens is 1. The highest BCUT2D eigenvalue weighted by Gasteiger charge is 2.14. The molecule has 0 aliphatic heterocycles. The van der Waals surface area contributed by atoms with Crippen LogP contribution in [0.4, 0.5) is 0 Å². The second-order valence-corrected chi connectivity index (χ2v) is 11.9. The molecule has 0 amide bonds. The van der Waals surface area contributed by atoms with Crippen molar-refractivity contribution < 1.29 is 0 Å². The van der Waals surface area contributed by atoms with Crippen LogP contribution in [0.2, 0.25) is 25.7 Å². The van der Waals surface area contributed by atoms with E-state index in [9.17, 15) is 0 Å². The van der Waals surface area contributed by atoms with E-state index in [1.165, 1.54) is 25.3 Å². The van der Waals surface area contributed by atoms with Crippen molar-refractivity contribution in [3.05, 3.63) is 0 Å². The summed E-state index contributed by atoms with van der Waals surface area (Å²) in [6.45, 7) is 9.66. The Bertz CT molecular complexity index is 96.2. The number of hydrogen-bond donors (Lipinski definition) is 0. The van der Waals surface area contributed by atoms with Crippen molar-refractivity contribution >= 4 is 30.7 Å². The van der Waals surface area contributed by atoms with Crippen LogP contribution in [0, 0.1) is 0 Å². The molecule has 0 saturated carbocycles. The average Bonchev–Trinajstić information content (AvgIpc) is 1.83. The molecule has 0 bridgehead atoms. The summed E-state index contributed by atoms with van der Waals surface area (Å²) in [6, 6.07) is 1.50. The summed E-state index contributed by atoms with van der Waals surface area (Å²) < 4.78 is 0.935. The molecule has 0 saturated heterocycles. The second kappa shape index (κ2) is 5.57. The van der Waals surface area contributed by atoms with E-state index in [-0.39, 0.29) is 0 Å². The van der Waals surface area contributed by atoms with Crippen LogP contribution >= 0.6 is 22.6 Å². The largest absolute Gasteiger partial charge is 0.0826 e. The van der Waals surface area contributed by atoms with Crippen molar-refractivity contribution in [2.24, 2.45) is 0 Å². The summed E-state index contributed by atoms with van der Waals surface area (Å²) in [4.78, 5) is 0. The minimum atomic E-state index is -0.754. The molecule has 0 rings (SSSR count). The maximum Gasteiger partial charge on any atom is 0.0443 e. The van der Waals surface area contributed by atoms with E-state index in [0.717, 1.165) is 3.92 Å². The van der Waals surface area contributed by atoms with Crippen molar-refractivity contribution in [3.63, 3.8) is 0 Å². The van der Waals surface area contributed by atoms with Crippen molar-refractivity contribution in [3.8, 4) is 0 Å². The molecular weight excluding hydrogens is 263 g/mol. The molecule has 0 aromatic carbocycles. The van der Waals surface area contributed by atoms with Gasteiger partial charge in [0.15, 0.2) is 0 Å². The van der Waals surface area contributed by atoms with E-state index in [1.54, 1.807) is 0 Å². The molecule has 0 aliphatic rings. The molecule has 0 spiro atoms. The first kappa shape index (κ1) is 11.9. The fourth-order valence-electron chi connectivity index (χ4n) is 1.05. The van der Waals surface area contributed by atoms with Gasteiger partial charge >= 0.3 is 0 Å². The highest BCUT2D eigenvalue weighted by Crippen LogP contribution is 2.20. The summed E-state index contributed by atoms with van der Waals surface area (Å²) in [5, 5.41) is 0. The van der Waals surface area contributed by atoms with Gasteiger partial charge in [-0.2, -0.15) is 0 Å². The van der Waals surface area contributed by atoms with E-state index in [2.05, 4.69) is 49.2 Å². The summed E-state index contributed by atoms with van der Waals surface area (Å²) in [5.41, 5.74) is 0. The van der Waals surface area contributed by atoms with E-state index >= 15 is 0 Å². The van der Waals surface area contributed by atoms with E-state index in [0.29, 0.717) is 0 Å². The van der Waals surface area contributed by atoms with Gasteiger partial charge in [0.25, 0.3) is 0 Å². The van der Waals surface area contributed by atoms with Crippen LogP contribution in [0.5, 0.6) is 0 Å². The third-order valence-electron chi connectivity index (χ3n) is 1.81. The molecule has 1 atom stereocenters. The predicted molar refractivity (Wildman–Crippen MR) is 65.5 cm³/mol. The lowest BCUT2D eigenvalue weighted by molar-refractivity contribution is 0.735. The number of alkyl halides is 1. The van der Waals surface area contributed by atoms with Crippen LogP contribution in [-0.2, 0) is 0 Å². The SMILES string of the molecule is CCCC(I)CC[Si](C)(C)C. The van der Waals surface area contributed by atoms with Gasteiger partial charge in [-0.05, 0) is 12.8 Å². The maximum absolute atomic E-state index is 2.60. The van der Waals surface area contributed by atoms with Crippen LogP contribution < -0.4 is 0 Å². The van der Waals surface area contributed by atoms with Crippen LogP contribution in [-0.4, -0.2) is 12.0 Å². The number of hydrogen-bond acceptors (Lipinski definition) is 0. The van der Waals surface area contributed by atoms with Crippen LogP contribution in [0.25, 0.3) is 0 Å².